The smallest absolute Gasteiger partial charge is 0.308 e. The molecule has 198 valence electrons. The highest BCUT2D eigenvalue weighted by Crippen LogP contribution is 2.35. The predicted octanol–water partition coefficient (Wildman–Crippen LogP) is 2.81. The van der Waals surface area contributed by atoms with Crippen LogP contribution in [0.25, 0.3) is 5.57 Å². The van der Waals surface area contributed by atoms with Gasteiger partial charge in [-0.15, -0.1) is 0 Å². The molecule has 0 bridgehead atoms. The molecule has 1 fully saturated rings. The third kappa shape index (κ3) is 4.35. The molecule has 4 heterocycles. The van der Waals surface area contributed by atoms with Crippen molar-refractivity contribution in [2.24, 2.45) is 4.99 Å². The molecule has 0 saturated carbocycles. The molecule has 1 N–H and O–H groups in total. The zero-order chi connectivity index (χ0) is 26.1. The van der Waals surface area contributed by atoms with E-state index in [0.29, 0.717) is 34.5 Å². The molecule has 9 nitrogen and oxygen atoms in total. The van der Waals surface area contributed by atoms with Crippen molar-refractivity contribution in [2.45, 2.75) is 78.0 Å². The van der Waals surface area contributed by atoms with Crippen LogP contribution >= 0.6 is 11.3 Å². The first kappa shape index (κ1) is 25.5. The van der Waals surface area contributed by atoms with Crippen molar-refractivity contribution in [3.05, 3.63) is 49.5 Å². The second-order valence-electron chi connectivity index (χ2n) is 9.80. The van der Waals surface area contributed by atoms with Crippen molar-refractivity contribution < 1.29 is 9.59 Å². The number of carbonyl (C=O) groups is 2. The number of rotatable bonds is 10. The molecule has 2 unspecified atom stereocenters. The van der Waals surface area contributed by atoms with Gasteiger partial charge in [0.05, 0.1) is 11.3 Å². The van der Waals surface area contributed by atoms with Crippen LogP contribution in [0.5, 0.6) is 0 Å². The molecule has 0 spiro atoms. The van der Waals surface area contributed by atoms with Gasteiger partial charge in [-0.1, -0.05) is 75.0 Å². The average Bonchev–Trinajstić information content (AvgIpc) is 3.47. The van der Waals surface area contributed by atoms with E-state index in [1.54, 1.807) is 9.80 Å². The summed E-state index contributed by atoms with van der Waals surface area (Å²) in [6.45, 7) is 7.74. The number of amides is 3. The molecule has 1 aromatic carbocycles. The van der Waals surface area contributed by atoms with Crippen LogP contribution in [0.1, 0.15) is 71.3 Å². The lowest BCUT2D eigenvalue weighted by atomic mass is 10.1. The Morgan fingerprint density at radius 3 is 2.35 bits per heavy atom. The van der Waals surface area contributed by atoms with E-state index in [9.17, 15) is 14.4 Å². The van der Waals surface area contributed by atoms with Crippen molar-refractivity contribution in [1.82, 2.24) is 14.5 Å². The maximum atomic E-state index is 13.7. The monoisotopic (exact) mass is 524 g/mol. The van der Waals surface area contributed by atoms with Crippen molar-refractivity contribution in [3.8, 4) is 0 Å². The quantitative estimate of drug-likeness (QED) is 0.484. The molecule has 1 aromatic heterocycles. The molecular formula is C27H36N6O3S. The number of fused-ring (bicyclic) bond motifs is 3. The maximum Gasteiger partial charge on any atom is 0.323 e. The topological polar surface area (TPSA) is 90.2 Å². The lowest BCUT2D eigenvalue weighted by Gasteiger charge is -2.28. The highest BCUT2D eigenvalue weighted by molar-refractivity contribution is 7.07. The molecule has 3 aliphatic heterocycles. The van der Waals surface area contributed by atoms with Crippen LogP contribution in [0.4, 0.5) is 10.5 Å². The Balaban J connectivity index is 1.47. The molecule has 10 heteroatoms. The van der Waals surface area contributed by atoms with E-state index in [1.807, 2.05) is 43.0 Å². The summed E-state index contributed by atoms with van der Waals surface area (Å²) in [4.78, 5) is 50.6. The highest BCUT2D eigenvalue weighted by Gasteiger charge is 2.47. The van der Waals surface area contributed by atoms with E-state index < -0.39 is 12.3 Å². The van der Waals surface area contributed by atoms with Gasteiger partial charge in [-0.3, -0.25) is 24.8 Å². The number of carbonyl (C=O) groups excluding carboxylic acids is 2. The van der Waals surface area contributed by atoms with Crippen molar-refractivity contribution in [3.63, 3.8) is 0 Å². The number of nitrogens with zero attached hydrogens (tertiary/aromatic N) is 5. The fourth-order valence-electron chi connectivity index (χ4n) is 5.58. The number of hydrogen-bond donors (Lipinski definition) is 1. The second-order valence-corrected chi connectivity index (χ2v) is 10.8. The van der Waals surface area contributed by atoms with Crippen molar-refractivity contribution >= 4 is 34.5 Å². The Morgan fingerprint density at radius 2 is 1.62 bits per heavy atom. The van der Waals surface area contributed by atoms with E-state index in [-0.39, 0.29) is 17.5 Å². The maximum absolute atomic E-state index is 13.7. The van der Waals surface area contributed by atoms with Gasteiger partial charge in [0.15, 0.2) is 12.3 Å². The minimum absolute atomic E-state index is 0.0880. The van der Waals surface area contributed by atoms with Crippen LogP contribution in [0.2, 0.25) is 0 Å². The molecule has 1 saturated heterocycles. The fraction of sp³-hybridized carbons (Fsp3) is 0.556. The normalized spacial score (nSPS) is 21.6. The molecule has 3 aliphatic rings. The molecular weight excluding hydrogens is 488 g/mol. The van der Waals surface area contributed by atoms with Gasteiger partial charge < -0.3 is 4.90 Å². The standard InChI is InChI=1S/C27H36N6O3S/c1-4-7-8-9-10-11-14-17-32-19-16-13-12-15-18(19)20(24(32)34)21-25(35)33-26(37-21)28-22-23(29-33)31(6-3)27(36)30(22)5-2/h12-13,15-16,22-23,29H,4-11,14,17H2,1-3H3/b21-20-. The van der Waals surface area contributed by atoms with Gasteiger partial charge in [-0.05, 0) is 26.3 Å². The van der Waals surface area contributed by atoms with Crippen LogP contribution in [0.15, 0.2) is 34.1 Å². The van der Waals surface area contributed by atoms with E-state index in [4.69, 9.17) is 4.99 Å². The average molecular weight is 525 g/mol. The Hall–Kier alpha value is -3.14. The number of urea groups is 1. The highest BCUT2D eigenvalue weighted by atomic mass is 32.1. The fourth-order valence-corrected chi connectivity index (χ4v) is 6.63. The number of nitrogens with one attached hydrogen (secondary N) is 1. The Bertz CT molecular complexity index is 1360. The number of aromatic nitrogens is 1. The number of para-hydroxylation sites is 1. The minimum Gasteiger partial charge on any atom is -0.308 e. The first-order valence-corrected chi connectivity index (χ1v) is 14.4. The summed E-state index contributed by atoms with van der Waals surface area (Å²) >= 11 is 1.22. The summed E-state index contributed by atoms with van der Waals surface area (Å²) < 4.78 is 1.81. The number of hydrogen-bond acceptors (Lipinski definition) is 6. The van der Waals surface area contributed by atoms with Gasteiger partial charge in [-0.25, -0.2) is 9.79 Å². The van der Waals surface area contributed by atoms with Crippen molar-refractivity contribution in [1.29, 1.82) is 0 Å². The third-order valence-electron chi connectivity index (χ3n) is 7.53. The number of anilines is 1. The van der Waals surface area contributed by atoms with Gasteiger partial charge in [0.2, 0.25) is 4.80 Å². The molecule has 2 atom stereocenters. The summed E-state index contributed by atoms with van der Waals surface area (Å²) in [5, 5.41) is 0. The van der Waals surface area contributed by atoms with E-state index in [0.717, 1.165) is 24.1 Å². The second kappa shape index (κ2) is 10.7. The minimum atomic E-state index is -0.421. The SMILES string of the molecule is CCCCCCCCCN1C(=O)/C(=c2\sc3n(c2=O)NC2C(N=3)N(CC)C(=O)N2CC)c2ccccc21. The third-order valence-corrected chi connectivity index (χ3v) is 8.59. The predicted molar refractivity (Wildman–Crippen MR) is 146 cm³/mol. The van der Waals surface area contributed by atoms with Gasteiger partial charge in [0, 0.05) is 25.2 Å². The molecule has 5 rings (SSSR count). The van der Waals surface area contributed by atoms with Crippen LogP contribution in [0, 0.1) is 0 Å². The Morgan fingerprint density at radius 1 is 0.919 bits per heavy atom. The Kier molecular flexibility index (Phi) is 7.37. The van der Waals surface area contributed by atoms with E-state index in [2.05, 4.69) is 12.3 Å². The summed E-state index contributed by atoms with van der Waals surface area (Å²) in [5.41, 5.74) is 5.05. The van der Waals surface area contributed by atoms with E-state index >= 15 is 0 Å². The number of unbranched alkanes of at least 4 members (excludes halogenated alkanes) is 6. The van der Waals surface area contributed by atoms with Crippen LogP contribution < -0.4 is 25.2 Å². The molecule has 37 heavy (non-hydrogen) atoms. The van der Waals surface area contributed by atoms with Gasteiger partial charge >= 0.3 is 6.03 Å². The molecule has 2 aromatic rings. The van der Waals surface area contributed by atoms with Gasteiger partial charge in [-0.2, -0.15) is 4.68 Å². The number of thiazole rings is 1. The molecule has 0 radical (unpaired) electrons. The van der Waals surface area contributed by atoms with Crippen LogP contribution in [0.3, 0.4) is 0 Å². The molecule has 3 amide bonds. The van der Waals surface area contributed by atoms with Crippen molar-refractivity contribution in [2.75, 3.05) is 30.0 Å². The first-order chi connectivity index (χ1) is 18.0. The summed E-state index contributed by atoms with van der Waals surface area (Å²) in [6, 6.07) is 7.64. The van der Waals surface area contributed by atoms with E-state index in [1.165, 1.54) is 48.1 Å². The summed E-state index contributed by atoms with van der Waals surface area (Å²) in [6.07, 6.45) is 7.41. The lowest BCUT2D eigenvalue weighted by molar-refractivity contribution is -0.113. The largest absolute Gasteiger partial charge is 0.323 e. The number of benzene rings is 1. The molecule has 0 aliphatic carbocycles. The van der Waals surface area contributed by atoms with Gasteiger partial charge in [0.25, 0.3) is 11.5 Å². The zero-order valence-electron chi connectivity index (χ0n) is 21.9. The van der Waals surface area contributed by atoms with Gasteiger partial charge in [0.1, 0.15) is 4.53 Å². The van der Waals surface area contributed by atoms with Crippen LogP contribution in [-0.2, 0) is 4.79 Å². The number of likely N-dealkylation sites (N-methyl/N-ethyl adjacent to an activating group) is 2. The summed E-state index contributed by atoms with van der Waals surface area (Å²) in [7, 11) is 0. The summed E-state index contributed by atoms with van der Waals surface area (Å²) in [5.74, 6) is -0.121. The zero-order valence-corrected chi connectivity index (χ0v) is 22.7. The Labute approximate surface area is 221 Å². The lowest BCUT2D eigenvalue weighted by Crippen LogP contribution is -2.55. The van der Waals surface area contributed by atoms with Crippen LogP contribution in [-0.4, -0.2) is 58.4 Å². The first-order valence-electron chi connectivity index (χ1n) is 13.6.